The van der Waals surface area contributed by atoms with Crippen LogP contribution >= 0.6 is 21.8 Å². The van der Waals surface area contributed by atoms with Crippen LogP contribution in [0.2, 0.25) is 5.02 Å². The molecule has 0 aliphatic carbocycles. The fourth-order valence-electron chi connectivity index (χ4n) is 2.14. The molecule has 8 heteroatoms. The number of hydrogen-bond donors (Lipinski definition) is 1. The third kappa shape index (κ3) is 2.91. The van der Waals surface area contributed by atoms with Crippen molar-refractivity contribution in [3.05, 3.63) is 53.6 Å². The quantitative estimate of drug-likeness (QED) is 0.471. The highest BCUT2D eigenvalue weighted by atomic mass is 35.5. The lowest BCUT2D eigenvalue weighted by Crippen LogP contribution is -2.05. The number of nitrogens with one attached hydrogen (secondary N) is 1. The van der Waals surface area contributed by atoms with E-state index in [0.29, 0.717) is 33.9 Å². The van der Waals surface area contributed by atoms with E-state index in [9.17, 15) is 19.4 Å². The van der Waals surface area contributed by atoms with Crippen LogP contribution in [0.5, 0.6) is 0 Å². The zero-order valence-corrected chi connectivity index (χ0v) is 12.4. The third-order valence-corrected chi connectivity index (χ3v) is 4.59. The highest BCUT2D eigenvalue weighted by molar-refractivity contribution is 8.45. The summed E-state index contributed by atoms with van der Waals surface area (Å²) >= 11 is 5.76. The molecule has 1 nitrogen and oxygen atoms in total. The maximum atomic E-state index is 12.8. The molecule has 0 amide bonds. The summed E-state index contributed by atoms with van der Waals surface area (Å²) in [6.07, 6.45) is 0. The molecule has 0 fully saturated rings. The number of hydrogen-bond acceptors (Lipinski definition) is 0. The van der Waals surface area contributed by atoms with Gasteiger partial charge in [-0.3, -0.25) is 0 Å². The van der Waals surface area contributed by atoms with Gasteiger partial charge in [-0.25, -0.2) is 0 Å². The molecule has 0 bridgehead atoms. The third-order valence-electron chi connectivity index (χ3n) is 3.19. The molecule has 3 rings (SSSR count). The van der Waals surface area contributed by atoms with Gasteiger partial charge in [-0.15, -0.1) is 0 Å². The van der Waals surface area contributed by atoms with Crippen LogP contribution in [0, 0.1) is 0 Å². The molecular formula is C14H9ClF5NS. The van der Waals surface area contributed by atoms with Gasteiger partial charge in [0.1, 0.15) is 4.90 Å². The van der Waals surface area contributed by atoms with Crippen molar-refractivity contribution in [2.45, 2.75) is 4.90 Å². The largest absolute Gasteiger partial charge is 0.355 e. The van der Waals surface area contributed by atoms with Crippen LogP contribution in [0.15, 0.2) is 53.4 Å². The number of aromatic nitrogens is 1. The first-order chi connectivity index (χ1) is 9.92. The van der Waals surface area contributed by atoms with Crippen LogP contribution in [0.3, 0.4) is 0 Å². The van der Waals surface area contributed by atoms with E-state index < -0.39 is 15.1 Å². The second-order valence-corrected chi connectivity index (χ2v) is 7.75. The SMILES string of the molecule is FS(F)(F)(F)(F)c1ccc2[nH]c(-c3ccc(Cl)cc3)cc2c1. The first kappa shape index (κ1) is 15.2. The van der Waals surface area contributed by atoms with E-state index >= 15 is 0 Å². The van der Waals surface area contributed by atoms with Crippen molar-refractivity contribution in [2.24, 2.45) is 0 Å². The van der Waals surface area contributed by atoms with Gasteiger partial charge in [0.15, 0.2) is 0 Å². The van der Waals surface area contributed by atoms with Gasteiger partial charge in [-0.05, 0) is 42.0 Å². The highest BCUT2D eigenvalue weighted by Crippen LogP contribution is 3.02. The van der Waals surface area contributed by atoms with Crippen molar-refractivity contribution < 1.29 is 19.4 Å². The van der Waals surface area contributed by atoms with Gasteiger partial charge in [0.2, 0.25) is 0 Å². The van der Waals surface area contributed by atoms with Gasteiger partial charge in [-0.1, -0.05) is 43.2 Å². The average molecular weight is 354 g/mol. The first-order valence-corrected chi connectivity index (χ1v) is 8.38. The van der Waals surface area contributed by atoms with Crippen LogP contribution in [0.1, 0.15) is 0 Å². The Morgan fingerprint density at radius 3 is 2.05 bits per heavy atom. The fraction of sp³-hybridized carbons (Fsp3) is 0. The summed E-state index contributed by atoms with van der Waals surface area (Å²) in [4.78, 5) is 0.999. The number of fused-ring (bicyclic) bond motifs is 1. The molecule has 1 N–H and O–H groups in total. The van der Waals surface area contributed by atoms with Crippen LogP contribution in [0.4, 0.5) is 19.4 Å². The first-order valence-electron chi connectivity index (χ1n) is 6.05. The second kappa shape index (κ2) is 3.97. The Bertz CT molecular complexity index is 868. The predicted octanol–water partition coefficient (Wildman–Crippen LogP) is 7.15. The van der Waals surface area contributed by atoms with Crippen LogP contribution in [-0.2, 0) is 0 Å². The standard InChI is InChI=1S/C14H9ClF5NS/c15-11-3-1-9(2-4-11)14-8-10-7-12(5-6-13(10)21-14)22(16,17,18,19)20/h1-8,21H. The van der Waals surface area contributed by atoms with E-state index in [0.717, 1.165) is 6.07 Å². The summed E-state index contributed by atoms with van der Waals surface area (Å²) in [7, 11) is -9.67. The van der Waals surface area contributed by atoms with Crippen molar-refractivity contribution in [3.63, 3.8) is 0 Å². The zero-order valence-electron chi connectivity index (χ0n) is 10.8. The van der Waals surface area contributed by atoms with E-state index in [-0.39, 0.29) is 5.39 Å². The molecule has 22 heavy (non-hydrogen) atoms. The summed E-state index contributed by atoms with van der Waals surface area (Å²) in [6.45, 7) is 0. The predicted molar refractivity (Wildman–Crippen MR) is 80.1 cm³/mol. The topological polar surface area (TPSA) is 15.8 Å². The summed E-state index contributed by atoms with van der Waals surface area (Å²) < 4.78 is 64.1. The van der Waals surface area contributed by atoms with Crippen LogP contribution in [-0.4, -0.2) is 4.98 Å². The lowest BCUT2D eigenvalue weighted by Gasteiger charge is -2.40. The summed E-state index contributed by atoms with van der Waals surface area (Å²) in [6, 6.07) is 9.87. The molecule has 3 aromatic rings. The van der Waals surface area contributed by atoms with E-state index in [1.807, 2.05) is 0 Å². The monoisotopic (exact) mass is 353 g/mol. The average Bonchev–Trinajstić information content (AvgIpc) is 2.79. The van der Waals surface area contributed by atoms with Crippen molar-refractivity contribution in [1.29, 1.82) is 0 Å². The van der Waals surface area contributed by atoms with E-state index in [1.165, 1.54) is 6.07 Å². The lowest BCUT2D eigenvalue weighted by molar-refractivity contribution is 0.364. The van der Waals surface area contributed by atoms with Gasteiger partial charge in [0.25, 0.3) is 0 Å². The maximum absolute atomic E-state index is 12.8. The Hall–Kier alpha value is -1.73. The van der Waals surface area contributed by atoms with Gasteiger partial charge in [-0.2, -0.15) is 0 Å². The summed E-state index contributed by atoms with van der Waals surface area (Å²) in [5, 5.41) is 0.582. The van der Waals surface area contributed by atoms with Crippen molar-refractivity contribution in [1.82, 2.24) is 4.98 Å². The Morgan fingerprint density at radius 1 is 0.818 bits per heavy atom. The van der Waals surface area contributed by atoms with Crippen molar-refractivity contribution in [2.75, 3.05) is 0 Å². The Labute approximate surface area is 127 Å². The van der Waals surface area contributed by atoms with Crippen LogP contribution in [0.25, 0.3) is 22.2 Å². The molecular weight excluding hydrogens is 345 g/mol. The van der Waals surface area contributed by atoms with Crippen LogP contribution < -0.4 is 0 Å². The molecule has 0 radical (unpaired) electrons. The van der Waals surface area contributed by atoms with Crippen molar-refractivity contribution in [3.8, 4) is 11.3 Å². The molecule has 0 aliphatic heterocycles. The Balaban J connectivity index is 2.14. The van der Waals surface area contributed by atoms with E-state index in [2.05, 4.69) is 4.98 Å². The maximum Gasteiger partial charge on any atom is 0.310 e. The number of halogens is 6. The molecule has 1 aromatic heterocycles. The number of benzene rings is 2. The van der Waals surface area contributed by atoms with Crippen molar-refractivity contribution >= 4 is 32.7 Å². The van der Waals surface area contributed by atoms with E-state index in [1.54, 1.807) is 24.3 Å². The lowest BCUT2D eigenvalue weighted by atomic mass is 10.1. The minimum atomic E-state index is -9.67. The van der Waals surface area contributed by atoms with Gasteiger partial charge >= 0.3 is 10.2 Å². The van der Waals surface area contributed by atoms with Gasteiger partial charge < -0.3 is 4.98 Å². The normalized spacial score (nSPS) is 15.5. The highest BCUT2D eigenvalue weighted by Gasteiger charge is 2.65. The van der Waals surface area contributed by atoms with E-state index in [4.69, 9.17) is 11.6 Å². The minimum absolute atomic E-state index is 0.0655. The number of H-pyrrole nitrogens is 1. The Kier molecular flexibility index (Phi) is 2.74. The molecule has 0 atom stereocenters. The number of rotatable bonds is 2. The smallest absolute Gasteiger partial charge is 0.310 e. The Morgan fingerprint density at radius 2 is 1.45 bits per heavy atom. The molecule has 118 valence electrons. The zero-order chi connectivity index (χ0) is 16.2. The minimum Gasteiger partial charge on any atom is -0.355 e. The molecule has 0 saturated heterocycles. The molecule has 0 spiro atoms. The summed E-state index contributed by atoms with van der Waals surface area (Å²) in [5.74, 6) is 0. The molecule has 2 aromatic carbocycles. The number of aromatic amines is 1. The molecule has 0 unspecified atom stereocenters. The molecule has 0 saturated carbocycles. The van der Waals surface area contributed by atoms with Gasteiger partial charge in [0.05, 0.1) is 0 Å². The second-order valence-electron chi connectivity index (χ2n) is 4.91. The van der Waals surface area contributed by atoms with Gasteiger partial charge in [0, 0.05) is 21.6 Å². The summed E-state index contributed by atoms with van der Waals surface area (Å²) in [5.41, 5.74) is 1.55. The molecule has 1 heterocycles. The fourth-order valence-corrected chi connectivity index (χ4v) is 2.94. The molecule has 0 aliphatic rings.